The molecule has 0 aliphatic heterocycles. The van der Waals surface area contributed by atoms with Crippen LogP contribution in [0.4, 0.5) is 4.79 Å². The molecule has 0 spiro atoms. The smallest absolute Gasteiger partial charge is 0.408 e. The molecule has 1 unspecified atom stereocenters. The number of ether oxygens (including phenoxy) is 2. The second-order valence-corrected chi connectivity index (χ2v) is 10.1. The van der Waals surface area contributed by atoms with Gasteiger partial charge in [0.15, 0.2) is 5.78 Å². The summed E-state index contributed by atoms with van der Waals surface area (Å²) in [6.07, 6.45) is -1.31. The third kappa shape index (κ3) is 10.1. The van der Waals surface area contributed by atoms with Gasteiger partial charge in [0.2, 0.25) is 11.7 Å². The highest BCUT2D eigenvalue weighted by molar-refractivity contribution is 5.96. The molecule has 0 saturated heterocycles. The van der Waals surface area contributed by atoms with Gasteiger partial charge in [0.25, 0.3) is 5.91 Å². The van der Waals surface area contributed by atoms with Crippen molar-refractivity contribution in [1.82, 2.24) is 36.2 Å². The summed E-state index contributed by atoms with van der Waals surface area (Å²) in [7, 11) is 1.47. The number of nitrogens with zero attached hydrogens (tertiary/aromatic N) is 4. The minimum absolute atomic E-state index is 0.0253. The van der Waals surface area contributed by atoms with Gasteiger partial charge >= 0.3 is 12.1 Å². The maximum Gasteiger partial charge on any atom is 0.408 e. The number of hydrogen-bond donors (Lipinski definition) is 3. The van der Waals surface area contributed by atoms with Crippen LogP contribution in [-0.2, 0) is 37.0 Å². The normalized spacial score (nSPS) is 11.6. The number of amides is 3. The number of rotatable bonds is 12. The molecule has 2 aromatic carbocycles. The third-order valence-electron chi connectivity index (χ3n) is 5.53. The molecule has 42 heavy (non-hydrogen) atoms. The maximum absolute atomic E-state index is 13.1. The topological polar surface area (TPSA) is 183 Å². The van der Waals surface area contributed by atoms with Gasteiger partial charge in [-0.05, 0) is 43.7 Å². The standard InChI is InChI=1S/C28H33N7O7/c1-28(2,3)42-24(38)14-21(31-27(40)41-17-18-8-6-5-7-9-18)22(36)16-35-33-25(32-34-35)19-10-12-20(13-11-19)26(39)30-15-23(37)29-4/h5-13,21H,14-17H2,1-4H3,(H,29,37)(H,30,39)(H,31,40). The van der Waals surface area contributed by atoms with Gasteiger partial charge < -0.3 is 25.4 Å². The van der Waals surface area contributed by atoms with Gasteiger partial charge in [0.1, 0.15) is 24.8 Å². The molecule has 3 aromatic rings. The second kappa shape index (κ2) is 14.5. The van der Waals surface area contributed by atoms with Crippen molar-refractivity contribution in [3.05, 3.63) is 65.7 Å². The van der Waals surface area contributed by atoms with Crippen molar-refractivity contribution in [2.75, 3.05) is 13.6 Å². The molecule has 3 N–H and O–H groups in total. The minimum atomic E-state index is -1.27. The summed E-state index contributed by atoms with van der Waals surface area (Å²) in [6, 6.07) is 13.9. The van der Waals surface area contributed by atoms with Crippen LogP contribution >= 0.6 is 0 Å². The van der Waals surface area contributed by atoms with E-state index >= 15 is 0 Å². The first kappa shape index (κ1) is 31.4. The van der Waals surface area contributed by atoms with E-state index in [0.29, 0.717) is 11.1 Å². The Hall–Kier alpha value is -5.14. The van der Waals surface area contributed by atoms with E-state index in [2.05, 4.69) is 31.4 Å². The number of benzene rings is 2. The summed E-state index contributed by atoms with van der Waals surface area (Å²) < 4.78 is 10.5. The number of ketones is 1. The lowest BCUT2D eigenvalue weighted by Gasteiger charge is -2.22. The zero-order chi connectivity index (χ0) is 30.7. The van der Waals surface area contributed by atoms with Crippen molar-refractivity contribution >= 4 is 29.7 Å². The van der Waals surface area contributed by atoms with Crippen molar-refractivity contribution in [2.45, 2.75) is 52.0 Å². The average molecular weight is 580 g/mol. The van der Waals surface area contributed by atoms with Crippen LogP contribution in [0.3, 0.4) is 0 Å². The van der Waals surface area contributed by atoms with Crippen LogP contribution in [0.2, 0.25) is 0 Å². The van der Waals surface area contributed by atoms with Gasteiger partial charge in [-0.1, -0.05) is 42.5 Å². The van der Waals surface area contributed by atoms with Crippen molar-refractivity contribution in [2.24, 2.45) is 0 Å². The highest BCUT2D eigenvalue weighted by atomic mass is 16.6. The number of carbonyl (C=O) groups is 5. The average Bonchev–Trinajstić information content (AvgIpc) is 3.42. The van der Waals surface area contributed by atoms with Gasteiger partial charge in [0.05, 0.1) is 13.0 Å². The van der Waals surface area contributed by atoms with E-state index in [1.807, 2.05) is 6.07 Å². The Labute approximate surface area is 242 Å². The molecule has 14 heteroatoms. The summed E-state index contributed by atoms with van der Waals surface area (Å²) in [4.78, 5) is 62.6. The van der Waals surface area contributed by atoms with Gasteiger partial charge in [-0.15, -0.1) is 10.2 Å². The molecular weight excluding hydrogens is 546 g/mol. The Morgan fingerprint density at radius 3 is 2.31 bits per heavy atom. The Balaban J connectivity index is 1.65. The van der Waals surface area contributed by atoms with Crippen LogP contribution in [-0.4, -0.2) is 75.1 Å². The predicted octanol–water partition coefficient (Wildman–Crippen LogP) is 1.41. The van der Waals surface area contributed by atoms with Gasteiger partial charge in [-0.25, -0.2) is 4.79 Å². The van der Waals surface area contributed by atoms with E-state index in [9.17, 15) is 24.0 Å². The summed E-state index contributed by atoms with van der Waals surface area (Å²) in [5, 5.41) is 19.4. The van der Waals surface area contributed by atoms with Crippen LogP contribution in [0.15, 0.2) is 54.6 Å². The first-order valence-electron chi connectivity index (χ1n) is 13.0. The number of Topliss-reactive ketones (excluding diaryl/α,β-unsaturated/α-hetero) is 1. The fourth-order valence-corrected chi connectivity index (χ4v) is 3.50. The third-order valence-corrected chi connectivity index (χ3v) is 5.53. The van der Waals surface area contributed by atoms with Crippen LogP contribution < -0.4 is 16.0 Å². The zero-order valence-corrected chi connectivity index (χ0v) is 23.7. The number of hydrogen-bond acceptors (Lipinski definition) is 10. The second-order valence-electron chi connectivity index (χ2n) is 10.1. The Morgan fingerprint density at radius 1 is 0.976 bits per heavy atom. The quantitative estimate of drug-likeness (QED) is 0.265. The molecule has 14 nitrogen and oxygen atoms in total. The van der Waals surface area contributed by atoms with Crippen LogP contribution in [0, 0.1) is 0 Å². The number of nitrogens with one attached hydrogen (secondary N) is 3. The highest BCUT2D eigenvalue weighted by Crippen LogP contribution is 2.15. The molecule has 0 fully saturated rings. The van der Waals surface area contributed by atoms with Crippen molar-refractivity contribution in [3.8, 4) is 11.4 Å². The van der Waals surface area contributed by atoms with E-state index in [-0.39, 0.29) is 24.9 Å². The number of tetrazole rings is 1. The number of esters is 1. The molecule has 0 saturated carbocycles. The summed E-state index contributed by atoms with van der Waals surface area (Å²) in [5.41, 5.74) is 0.797. The first-order chi connectivity index (χ1) is 19.9. The number of alkyl carbamates (subject to hydrolysis) is 1. The van der Waals surface area contributed by atoms with Crippen LogP contribution in [0.1, 0.15) is 43.1 Å². The molecule has 1 aromatic heterocycles. The Morgan fingerprint density at radius 2 is 1.67 bits per heavy atom. The lowest BCUT2D eigenvalue weighted by atomic mass is 10.1. The molecule has 0 radical (unpaired) electrons. The molecule has 1 heterocycles. The van der Waals surface area contributed by atoms with E-state index < -0.39 is 48.4 Å². The minimum Gasteiger partial charge on any atom is -0.460 e. The lowest BCUT2D eigenvalue weighted by Crippen LogP contribution is -2.45. The van der Waals surface area contributed by atoms with Gasteiger partial charge in [0, 0.05) is 18.2 Å². The number of carbonyl (C=O) groups excluding carboxylic acids is 5. The molecule has 3 rings (SSSR count). The van der Waals surface area contributed by atoms with Gasteiger partial charge in [-0.2, -0.15) is 4.80 Å². The van der Waals surface area contributed by atoms with Crippen LogP contribution in [0.5, 0.6) is 0 Å². The fraction of sp³-hybridized carbons (Fsp3) is 0.357. The molecule has 0 aliphatic rings. The monoisotopic (exact) mass is 579 g/mol. The molecule has 3 amide bonds. The SMILES string of the molecule is CNC(=O)CNC(=O)c1ccc(-c2nnn(CC(=O)C(CC(=O)OC(C)(C)C)NC(=O)OCc3ccccc3)n2)cc1. The number of aromatic nitrogens is 4. The van der Waals surface area contributed by atoms with E-state index in [1.54, 1.807) is 57.2 Å². The number of likely N-dealkylation sites (N-methyl/N-ethyl adjacent to an activating group) is 1. The van der Waals surface area contributed by atoms with Crippen molar-refractivity contribution < 1.29 is 33.4 Å². The van der Waals surface area contributed by atoms with Crippen molar-refractivity contribution in [1.29, 1.82) is 0 Å². The first-order valence-corrected chi connectivity index (χ1v) is 13.0. The largest absolute Gasteiger partial charge is 0.460 e. The maximum atomic E-state index is 13.1. The summed E-state index contributed by atoms with van der Waals surface area (Å²) in [6.45, 7) is 4.48. The Bertz CT molecular complexity index is 1400. The van der Waals surface area contributed by atoms with Crippen LogP contribution in [0.25, 0.3) is 11.4 Å². The fourth-order valence-electron chi connectivity index (χ4n) is 3.50. The van der Waals surface area contributed by atoms with E-state index in [1.165, 1.54) is 19.2 Å². The molecule has 222 valence electrons. The van der Waals surface area contributed by atoms with E-state index in [0.717, 1.165) is 10.4 Å². The molecule has 0 bridgehead atoms. The zero-order valence-electron chi connectivity index (χ0n) is 23.7. The molecule has 0 aliphatic carbocycles. The lowest BCUT2D eigenvalue weighted by molar-refractivity contribution is -0.156. The van der Waals surface area contributed by atoms with Gasteiger partial charge in [-0.3, -0.25) is 19.2 Å². The summed E-state index contributed by atoms with van der Waals surface area (Å²) >= 11 is 0. The van der Waals surface area contributed by atoms with E-state index in [4.69, 9.17) is 9.47 Å². The highest BCUT2D eigenvalue weighted by Gasteiger charge is 2.28. The predicted molar refractivity (Wildman–Crippen MR) is 149 cm³/mol. The summed E-state index contributed by atoms with van der Waals surface area (Å²) in [5.74, 6) is -1.85. The molecule has 1 atom stereocenters. The van der Waals surface area contributed by atoms with Crippen molar-refractivity contribution in [3.63, 3.8) is 0 Å². The Kier molecular flexibility index (Phi) is 10.8. The molecular formula is C28H33N7O7.